The monoisotopic (exact) mass is 237 g/mol. The highest BCUT2D eigenvalue weighted by atomic mass is 32.1. The first-order chi connectivity index (χ1) is 7.09. The van der Waals surface area contributed by atoms with E-state index in [0.717, 1.165) is 0 Å². The van der Waals surface area contributed by atoms with E-state index in [9.17, 15) is 13.2 Å². The lowest BCUT2D eigenvalue weighted by atomic mass is 10.2. The first-order valence-corrected chi connectivity index (χ1v) is 5.40. The Kier molecular flexibility index (Phi) is 2.94. The first kappa shape index (κ1) is 10.8. The highest BCUT2D eigenvalue weighted by Gasteiger charge is 2.44. The van der Waals surface area contributed by atoms with Crippen LogP contribution in [0, 0.1) is 0 Å². The molecule has 0 saturated carbocycles. The Morgan fingerprint density at radius 1 is 1.53 bits per heavy atom. The number of hydrogen-bond donors (Lipinski definition) is 1. The van der Waals surface area contributed by atoms with Crippen molar-refractivity contribution in [1.29, 1.82) is 0 Å². The molecule has 3 nitrogen and oxygen atoms in total. The Morgan fingerprint density at radius 3 is 2.93 bits per heavy atom. The number of aromatic nitrogens is 1. The predicted octanol–water partition coefficient (Wildman–Crippen LogP) is 1.61. The summed E-state index contributed by atoms with van der Waals surface area (Å²) in [4.78, 5) is 4.48. The minimum atomic E-state index is -4.28. The van der Waals surface area contributed by atoms with Crippen molar-refractivity contribution in [1.82, 2.24) is 15.2 Å². The van der Waals surface area contributed by atoms with Gasteiger partial charge in [-0.2, -0.15) is 13.2 Å². The Balaban J connectivity index is 2.20. The molecule has 2 heterocycles. The van der Waals surface area contributed by atoms with Gasteiger partial charge in [0.2, 0.25) is 0 Å². The Morgan fingerprint density at radius 2 is 2.33 bits per heavy atom. The summed E-state index contributed by atoms with van der Waals surface area (Å²) >= 11 is 1.26. The molecular formula is C8H10F3N3S. The van der Waals surface area contributed by atoms with Gasteiger partial charge in [0.05, 0.1) is 6.04 Å². The molecule has 1 aliphatic heterocycles. The number of nitrogens with one attached hydrogen (secondary N) is 1. The number of piperazine rings is 1. The van der Waals surface area contributed by atoms with Crippen molar-refractivity contribution in [3.63, 3.8) is 0 Å². The molecule has 0 bridgehead atoms. The van der Waals surface area contributed by atoms with Crippen LogP contribution in [0.5, 0.6) is 0 Å². The van der Waals surface area contributed by atoms with Crippen LogP contribution >= 0.6 is 11.3 Å². The molecule has 1 aromatic heterocycles. The average molecular weight is 237 g/mol. The quantitative estimate of drug-likeness (QED) is 0.752. The van der Waals surface area contributed by atoms with Gasteiger partial charge < -0.3 is 5.32 Å². The lowest BCUT2D eigenvalue weighted by Gasteiger charge is -2.35. The maximum atomic E-state index is 12.7. The summed E-state index contributed by atoms with van der Waals surface area (Å²) in [5, 5.41) is 5.16. The highest BCUT2D eigenvalue weighted by Crippen LogP contribution is 2.33. The van der Waals surface area contributed by atoms with Gasteiger partial charge in [-0.05, 0) is 0 Å². The molecule has 1 atom stereocenters. The third-order valence-electron chi connectivity index (χ3n) is 2.31. The van der Waals surface area contributed by atoms with E-state index in [1.165, 1.54) is 17.5 Å². The van der Waals surface area contributed by atoms with E-state index in [4.69, 9.17) is 0 Å². The molecular weight excluding hydrogens is 227 g/mol. The third-order valence-corrected chi connectivity index (χ3v) is 3.18. The highest BCUT2D eigenvalue weighted by molar-refractivity contribution is 7.09. The first-order valence-electron chi connectivity index (χ1n) is 4.52. The summed E-state index contributed by atoms with van der Waals surface area (Å²) < 4.78 is 38.0. The molecule has 0 radical (unpaired) electrons. The van der Waals surface area contributed by atoms with Gasteiger partial charge in [0.25, 0.3) is 0 Å². The summed E-state index contributed by atoms with van der Waals surface area (Å²) in [6.45, 7) is 0.641. The van der Waals surface area contributed by atoms with Crippen molar-refractivity contribution in [3.8, 4) is 0 Å². The third kappa shape index (κ3) is 2.30. The summed E-state index contributed by atoms with van der Waals surface area (Å²) in [6.07, 6.45) is -2.75. The van der Waals surface area contributed by atoms with Crippen LogP contribution in [0.25, 0.3) is 0 Å². The van der Waals surface area contributed by atoms with E-state index >= 15 is 0 Å². The SMILES string of the molecule is FC(F)(F)N1CCNCC1c1nccs1. The zero-order valence-corrected chi connectivity index (χ0v) is 8.61. The molecule has 1 N–H and O–H groups in total. The normalized spacial score (nSPS) is 24.3. The van der Waals surface area contributed by atoms with Crippen LogP contribution in [-0.4, -0.2) is 35.8 Å². The van der Waals surface area contributed by atoms with Gasteiger partial charge in [-0.15, -0.1) is 11.3 Å². The van der Waals surface area contributed by atoms with Crippen LogP contribution in [0.1, 0.15) is 11.0 Å². The van der Waals surface area contributed by atoms with E-state index in [1.54, 1.807) is 5.38 Å². The van der Waals surface area contributed by atoms with Crippen molar-refractivity contribution in [3.05, 3.63) is 16.6 Å². The van der Waals surface area contributed by atoms with Gasteiger partial charge in [0.1, 0.15) is 5.01 Å². The van der Waals surface area contributed by atoms with Crippen molar-refractivity contribution >= 4 is 11.3 Å². The molecule has 7 heteroatoms. The standard InChI is InChI=1S/C8H10F3N3S/c9-8(10,11)14-3-1-12-5-6(14)7-13-2-4-15-7/h2,4,6,12H,1,3,5H2. The maximum absolute atomic E-state index is 12.7. The molecule has 15 heavy (non-hydrogen) atoms. The molecule has 1 unspecified atom stereocenters. The largest absolute Gasteiger partial charge is 0.460 e. The van der Waals surface area contributed by atoms with E-state index in [0.29, 0.717) is 23.0 Å². The molecule has 2 rings (SSSR count). The van der Waals surface area contributed by atoms with Crippen LogP contribution in [0.3, 0.4) is 0 Å². The van der Waals surface area contributed by atoms with E-state index in [-0.39, 0.29) is 6.54 Å². The zero-order valence-electron chi connectivity index (χ0n) is 7.79. The zero-order chi connectivity index (χ0) is 10.9. The maximum Gasteiger partial charge on any atom is 0.460 e. The van der Waals surface area contributed by atoms with Crippen LogP contribution in [-0.2, 0) is 0 Å². The summed E-state index contributed by atoms with van der Waals surface area (Å²) in [5.74, 6) is 0. The number of thiazole rings is 1. The fraction of sp³-hybridized carbons (Fsp3) is 0.625. The molecule has 0 amide bonds. The molecule has 1 aromatic rings. The van der Waals surface area contributed by atoms with Gasteiger partial charge in [-0.3, -0.25) is 0 Å². The number of nitrogens with zero attached hydrogens (tertiary/aromatic N) is 2. The molecule has 1 fully saturated rings. The Labute approximate surface area is 88.9 Å². The number of alkyl halides is 3. The molecule has 1 aliphatic rings. The predicted molar refractivity (Wildman–Crippen MR) is 50.5 cm³/mol. The van der Waals surface area contributed by atoms with E-state index < -0.39 is 12.3 Å². The van der Waals surface area contributed by atoms with Crippen molar-refractivity contribution < 1.29 is 13.2 Å². The van der Waals surface area contributed by atoms with Gasteiger partial charge >= 0.3 is 6.30 Å². The van der Waals surface area contributed by atoms with Crippen LogP contribution in [0.2, 0.25) is 0 Å². The minimum absolute atomic E-state index is 0.0201. The number of hydrogen-bond acceptors (Lipinski definition) is 4. The summed E-state index contributed by atoms with van der Waals surface area (Å²) in [5.41, 5.74) is 0. The van der Waals surface area contributed by atoms with Crippen LogP contribution in [0.15, 0.2) is 11.6 Å². The second kappa shape index (κ2) is 4.07. The van der Waals surface area contributed by atoms with Crippen molar-refractivity contribution in [2.45, 2.75) is 12.3 Å². The van der Waals surface area contributed by atoms with Gasteiger partial charge in [0.15, 0.2) is 0 Å². The lowest BCUT2D eigenvalue weighted by Crippen LogP contribution is -2.52. The molecule has 0 aliphatic carbocycles. The van der Waals surface area contributed by atoms with Gasteiger partial charge in [-0.1, -0.05) is 0 Å². The smallest absolute Gasteiger partial charge is 0.313 e. The molecule has 1 saturated heterocycles. The average Bonchev–Trinajstić information content (AvgIpc) is 2.69. The second-order valence-electron chi connectivity index (χ2n) is 3.25. The van der Waals surface area contributed by atoms with Gasteiger partial charge in [-0.25, -0.2) is 9.88 Å². The number of rotatable bonds is 1. The van der Waals surface area contributed by atoms with Crippen molar-refractivity contribution in [2.75, 3.05) is 19.6 Å². The summed E-state index contributed by atoms with van der Waals surface area (Å²) in [6, 6.07) is -0.682. The Hall–Kier alpha value is -0.660. The van der Waals surface area contributed by atoms with Crippen LogP contribution in [0.4, 0.5) is 13.2 Å². The summed E-state index contributed by atoms with van der Waals surface area (Å²) in [7, 11) is 0. The topological polar surface area (TPSA) is 28.2 Å². The molecule has 84 valence electrons. The van der Waals surface area contributed by atoms with Crippen molar-refractivity contribution in [2.24, 2.45) is 0 Å². The molecule has 0 spiro atoms. The van der Waals surface area contributed by atoms with E-state index in [1.807, 2.05) is 0 Å². The lowest BCUT2D eigenvalue weighted by molar-refractivity contribution is -0.262. The minimum Gasteiger partial charge on any atom is -0.313 e. The van der Waals surface area contributed by atoms with E-state index in [2.05, 4.69) is 10.3 Å². The number of halogens is 3. The van der Waals surface area contributed by atoms with Gasteiger partial charge in [0, 0.05) is 31.2 Å². The Bertz CT molecular complexity index is 311. The fourth-order valence-corrected chi connectivity index (χ4v) is 2.38. The second-order valence-corrected chi connectivity index (χ2v) is 4.18. The fourth-order valence-electron chi connectivity index (χ4n) is 1.63. The molecule has 0 aromatic carbocycles. The van der Waals surface area contributed by atoms with Crippen LogP contribution < -0.4 is 5.32 Å².